The van der Waals surface area contributed by atoms with Gasteiger partial charge in [0.2, 0.25) is 0 Å². The van der Waals surface area contributed by atoms with Crippen molar-refractivity contribution >= 4 is 11.6 Å². The predicted molar refractivity (Wildman–Crippen MR) is 63.0 cm³/mol. The Bertz CT molecular complexity index is 186. The molecule has 0 aromatic heterocycles. The molecule has 82 valence electrons. The summed E-state index contributed by atoms with van der Waals surface area (Å²) in [6.07, 6.45) is 8.10. The summed E-state index contributed by atoms with van der Waals surface area (Å²) in [6.45, 7) is 2.02. The van der Waals surface area contributed by atoms with E-state index < -0.39 is 0 Å². The van der Waals surface area contributed by atoms with Crippen LogP contribution >= 0.6 is 11.6 Å². The maximum atomic E-state index is 5.54. The molecule has 2 nitrogen and oxygen atoms in total. The van der Waals surface area contributed by atoms with Gasteiger partial charge in [-0.15, -0.1) is 11.6 Å². The summed E-state index contributed by atoms with van der Waals surface area (Å²) in [5.41, 5.74) is 0.425. The first-order chi connectivity index (χ1) is 6.71. The smallest absolute Gasteiger partial charge is 0.0404 e. The summed E-state index contributed by atoms with van der Waals surface area (Å²) in [5, 5.41) is 3.46. The van der Waals surface area contributed by atoms with Crippen molar-refractivity contribution < 1.29 is 0 Å². The van der Waals surface area contributed by atoms with Gasteiger partial charge in [0.05, 0.1) is 0 Å². The minimum absolute atomic E-state index is 0.425. The largest absolute Gasteiger partial charge is 0.311 e. The van der Waals surface area contributed by atoms with Crippen LogP contribution in [-0.4, -0.2) is 43.5 Å². The first kappa shape index (κ1) is 12.0. The molecule has 0 aliphatic heterocycles. The van der Waals surface area contributed by atoms with Gasteiger partial charge < -0.3 is 10.2 Å². The van der Waals surface area contributed by atoms with E-state index in [1.54, 1.807) is 0 Å². The number of likely N-dealkylation sites (N-methyl/N-ethyl adjacent to an activating group) is 1. The Labute approximate surface area is 92.3 Å². The normalized spacial score (nSPS) is 20.3. The molecule has 0 aromatic carbocycles. The Morgan fingerprint density at radius 2 is 2.07 bits per heavy atom. The van der Waals surface area contributed by atoms with Crippen molar-refractivity contribution in [2.24, 2.45) is 0 Å². The van der Waals surface area contributed by atoms with Crippen LogP contribution in [0.5, 0.6) is 0 Å². The second kappa shape index (κ2) is 5.74. The summed E-state index contributed by atoms with van der Waals surface area (Å²) in [6, 6.07) is 0. The third-order valence-corrected chi connectivity index (χ3v) is 3.38. The Kier molecular flexibility index (Phi) is 4.93. The molecule has 0 heterocycles. The van der Waals surface area contributed by atoms with Crippen molar-refractivity contribution in [2.75, 3.05) is 33.1 Å². The van der Waals surface area contributed by atoms with Crippen molar-refractivity contribution in [3.63, 3.8) is 0 Å². The predicted octanol–water partition coefficient (Wildman–Crippen LogP) is 1.86. The lowest BCUT2D eigenvalue weighted by Gasteiger charge is -2.47. The van der Waals surface area contributed by atoms with E-state index in [9.17, 15) is 0 Å². The molecule has 3 heteroatoms. The number of hydrogen-bond acceptors (Lipinski definition) is 2. The zero-order chi connectivity index (χ0) is 10.4. The molecule has 0 radical (unpaired) electrons. The minimum atomic E-state index is 0.425. The molecular formula is C11H21ClN2. The SMILES string of the molecule is CN(C)C1(CNC/C=C/CCl)CCC1. The highest BCUT2D eigenvalue weighted by atomic mass is 35.5. The Morgan fingerprint density at radius 3 is 2.50 bits per heavy atom. The van der Waals surface area contributed by atoms with E-state index in [4.69, 9.17) is 11.6 Å². The van der Waals surface area contributed by atoms with Crippen LogP contribution in [-0.2, 0) is 0 Å². The van der Waals surface area contributed by atoms with Crippen LogP contribution in [0, 0.1) is 0 Å². The third kappa shape index (κ3) is 2.97. The summed E-state index contributed by atoms with van der Waals surface area (Å²) < 4.78 is 0. The third-order valence-electron chi connectivity index (χ3n) is 3.20. The standard InChI is InChI=1S/C11H21ClN2/c1-14(2)11(6-5-7-11)10-13-9-4-3-8-12/h3-4,13H,5-10H2,1-2H3/b4-3+. The second-order valence-corrected chi connectivity index (χ2v) is 4.54. The fraction of sp³-hybridized carbons (Fsp3) is 0.818. The first-order valence-corrected chi connectivity index (χ1v) is 5.84. The van der Waals surface area contributed by atoms with Crippen LogP contribution in [0.1, 0.15) is 19.3 Å². The molecule has 1 saturated carbocycles. The van der Waals surface area contributed by atoms with E-state index in [-0.39, 0.29) is 0 Å². The number of nitrogens with one attached hydrogen (secondary N) is 1. The van der Waals surface area contributed by atoms with Gasteiger partial charge in [0.1, 0.15) is 0 Å². The van der Waals surface area contributed by atoms with Gasteiger partial charge in [0.25, 0.3) is 0 Å². The van der Waals surface area contributed by atoms with Crippen molar-refractivity contribution in [3.05, 3.63) is 12.2 Å². The monoisotopic (exact) mass is 216 g/mol. The lowest BCUT2D eigenvalue weighted by Crippen LogP contribution is -2.56. The summed E-state index contributed by atoms with van der Waals surface area (Å²) in [7, 11) is 4.35. The van der Waals surface area contributed by atoms with Crippen LogP contribution in [0.3, 0.4) is 0 Å². The molecule has 0 bridgehead atoms. The van der Waals surface area contributed by atoms with E-state index >= 15 is 0 Å². The quantitative estimate of drug-likeness (QED) is 0.414. The Morgan fingerprint density at radius 1 is 1.36 bits per heavy atom. The summed E-state index contributed by atoms with van der Waals surface area (Å²) >= 11 is 5.54. The summed E-state index contributed by atoms with van der Waals surface area (Å²) in [4.78, 5) is 2.36. The van der Waals surface area contributed by atoms with Crippen molar-refractivity contribution in [3.8, 4) is 0 Å². The number of alkyl halides is 1. The molecule has 1 aliphatic rings. The Hall–Kier alpha value is -0.0500. The van der Waals surface area contributed by atoms with Gasteiger partial charge >= 0.3 is 0 Å². The van der Waals surface area contributed by atoms with Gasteiger partial charge in [-0.1, -0.05) is 12.2 Å². The number of hydrogen-bond donors (Lipinski definition) is 1. The molecule has 0 amide bonds. The molecule has 1 rings (SSSR count). The molecule has 1 N–H and O–H groups in total. The van der Waals surface area contributed by atoms with Gasteiger partial charge in [-0.25, -0.2) is 0 Å². The van der Waals surface area contributed by atoms with E-state index in [2.05, 4.69) is 30.4 Å². The second-order valence-electron chi connectivity index (χ2n) is 4.23. The van der Waals surface area contributed by atoms with Gasteiger partial charge in [0, 0.05) is 24.5 Å². The zero-order valence-electron chi connectivity index (χ0n) is 9.22. The van der Waals surface area contributed by atoms with E-state index in [0.717, 1.165) is 13.1 Å². The van der Waals surface area contributed by atoms with E-state index in [1.165, 1.54) is 19.3 Å². The molecule has 0 unspecified atom stereocenters. The molecule has 0 spiro atoms. The zero-order valence-corrected chi connectivity index (χ0v) is 9.98. The topological polar surface area (TPSA) is 15.3 Å². The number of allylic oxidation sites excluding steroid dienone is 1. The molecule has 0 atom stereocenters. The highest BCUT2D eigenvalue weighted by Crippen LogP contribution is 2.35. The number of nitrogens with zero attached hydrogens (tertiary/aromatic N) is 1. The molecule has 14 heavy (non-hydrogen) atoms. The average molecular weight is 217 g/mol. The lowest BCUT2D eigenvalue weighted by atomic mass is 9.75. The molecule has 1 aliphatic carbocycles. The maximum Gasteiger partial charge on any atom is 0.0404 e. The molecule has 0 aromatic rings. The van der Waals surface area contributed by atoms with E-state index in [0.29, 0.717) is 11.4 Å². The van der Waals surface area contributed by atoms with Crippen LogP contribution in [0.25, 0.3) is 0 Å². The summed E-state index contributed by atoms with van der Waals surface area (Å²) in [5.74, 6) is 0.612. The number of rotatable bonds is 6. The highest BCUT2D eigenvalue weighted by Gasteiger charge is 2.38. The lowest BCUT2D eigenvalue weighted by molar-refractivity contribution is 0.0612. The highest BCUT2D eigenvalue weighted by molar-refractivity contribution is 6.18. The average Bonchev–Trinajstić information content (AvgIpc) is 2.07. The Balaban J connectivity index is 2.18. The van der Waals surface area contributed by atoms with Gasteiger partial charge in [-0.3, -0.25) is 0 Å². The van der Waals surface area contributed by atoms with Crippen LogP contribution < -0.4 is 5.32 Å². The van der Waals surface area contributed by atoms with Crippen LogP contribution in [0.4, 0.5) is 0 Å². The molecule has 0 saturated heterocycles. The van der Waals surface area contributed by atoms with Crippen molar-refractivity contribution in [1.82, 2.24) is 10.2 Å². The van der Waals surface area contributed by atoms with Crippen LogP contribution in [0.15, 0.2) is 12.2 Å². The fourth-order valence-electron chi connectivity index (χ4n) is 1.90. The van der Waals surface area contributed by atoms with Gasteiger partial charge in [0.15, 0.2) is 0 Å². The van der Waals surface area contributed by atoms with Gasteiger partial charge in [-0.2, -0.15) is 0 Å². The fourth-order valence-corrected chi connectivity index (χ4v) is 2.03. The van der Waals surface area contributed by atoms with Crippen LogP contribution in [0.2, 0.25) is 0 Å². The first-order valence-electron chi connectivity index (χ1n) is 5.30. The molecule has 1 fully saturated rings. The molecular weight excluding hydrogens is 196 g/mol. The van der Waals surface area contributed by atoms with Gasteiger partial charge in [-0.05, 0) is 33.4 Å². The van der Waals surface area contributed by atoms with Crippen molar-refractivity contribution in [2.45, 2.75) is 24.8 Å². The number of halogens is 1. The minimum Gasteiger partial charge on any atom is -0.311 e. The maximum absolute atomic E-state index is 5.54. The van der Waals surface area contributed by atoms with Crippen molar-refractivity contribution in [1.29, 1.82) is 0 Å². The van der Waals surface area contributed by atoms with E-state index in [1.807, 2.05) is 6.08 Å².